The van der Waals surface area contributed by atoms with Gasteiger partial charge in [0.2, 0.25) is 0 Å². The van der Waals surface area contributed by atoms with E-state index in [0.717, 1.165) is 12.8 Å². The lowest BCUT2D eigenvalue weighted by Gasteiger charge is -2.31. The summed E-state index contributed by atoms with van der Waals surface area (Å²) in [6.45, 7) is 2.17. The first-order chi connectivity index (χ1) is 8.24. The molecule has 1 saturated carbocycles. The van der Waals surface area contributed by atoms with Crippen LogP contribution >= 0.6 is 0 Å². The Morgan fingerprint density at radius 2 is 1.88 bits per heavy atom. The predicted octanol–water partition coefficient (Wildman–Crippen LogP) is 2.31. The maximum Gasteiger partial charge on any atom is 0.315 e. The smallest absolute Gasteiger partial charge is 0.315 e. The van der Waals surface area contributed by atoms with Gasteiger partial charge in [-0.3, -0.25) is 0 Å². The van der Waals surface area contributed by atoms with E-state index in [2.05, 4.69) is 41.8 Å². The summed E-state index contributed by atoms with van der Waals surface area (Å²) in [5, 5.41) is 6.02. The summed E-state index contributed by atoms with van der Waals surface area (Å²) in [5.41, 5.74) is 2.82. The highest BCUT2D eigenvalue weighted by atomic mass is 16.2. The van der Waals surface area contributed by atoms with E-state index in [-0.39, 0.29) is 6.03 Å². The van der Waals surface area contributed by atoms with Gasteiger partial charge in [0.15, 0.2) is 0 Å². The highest BCUT2D eigenvalue weighted by Crippen LogP contribution is 2.35. The summed E-state index contributed by atoms with van der Waals surface area (Å²) in [5.74, 6) is 0.595. The number of benzene rings is 1. The fraction of sp³-hybridized carbons (Fsp3) is 0.500. The number of amides is 2. The molecule has 1 aliphatic heterocycles. The number of carbonyl (C=O) groups excluding carboxylic acids is 1. The van der Waals surface area contributed by atoms with Crippen LogP contribution in [0.3, 0.4) is 0 Å². The molecule has 3 heteroatoms. The molecule has 1 aliphatic carbocycles. The van der Waals surface area contributed by atoms with Crippen molar-refractivity contribution in [1.82, 2.24) is 10.6 Å². The van der Waals surface area contributed by atoms with Crippen LogP contribution in [-0.4, -0.2) is 18.1 Å². The molecule has 17 heavy (non-hydrogen) atoms. The van der Waals surface area contributed by atoms with Crippen molar-refractivity contribution < 1.29 is 4.79 Å². The predicted molar refractivity (Wildman–Crippen MR) is 67.0 cm³/mol. The third-order valence-electron chi connectivity index (χ3n) is 4.11. The quantitative estimate of drug-likeness (QED) is 0.763. The zero-order valence-electron chi connectivity index (χ0n) is 10.1. The van der Waals surface area contributed by atoms with E-state index in [4.69, 9.17) is 0 Å². The molecule has 1 saturated heterocycles. The molecule has 0 radical (unpaired) electrons. The number of fused-ring (bicyclic) bond motifs is 1. The molecule has 2 N–H and O–H groups in total. The molecule has 3 rings (SSSR count). The molecule has 2 amide bonds. The maximum absolute atomic E-state index is 11.3. The number of hydrogen-bond donors (Lipinski definition) is 2. The molecule has 2 fully saturated rings. The Kier molecular flexibility index (Phi) is 2.54. The largest absolute Gasteiger partial charge is 0.333 e. The molecular formula is C14H18N2O. The fourth-order valence-corrected chi connectivity index (χ4v) is 3.21. The van der Waals surface area contributed by atoms with E-state index < -0.39 is 0 Å². The molecular weight excluding hydrogens is 212 g/mol. The monoisotopic (exact) mass is 230 g/mol. The lowest BCUT2D eigenvalue weighted by atomic mass is 9.78. The second-order valence-corrected chi connectivity index (χ2v) is 5.20. The van der Waals surface area contributed by atoms with Crippen molar-refractivity contribution >= 4 is 6.03 Å². The minimum atomic E-state index is 0.00503. The SMILES string of the molecule is Cc1ccccc1C1CCC2NC(=O)NC2C1. The van der Waals surface area contributed by atoms with E-state index >= 15 is 0 Å². The van der Waals surface area contributed by atoms with E-state index in [1.807, 2.05) is 0 Å². The molecule has 0 aromatic heterocycles. The Labute approximate surface area is 102 Å². The van der Waals surface area contributed by atoms with Crippen molar-refractivity contribution in [3.63, 3.8) is 0 Å². The molecule has 3 atom stereocenters. The highest BCUT2D eigenvalue weighted by Gasteiger charge is 2.37. The van der Waals surface area contributed by atoms with Crippen LogP contribution in [0.2, 0.25) is 0 Å². The van der Waals surface area contributed by atoms with Crippen molar-refractivity contribution in [3.8, 4) is 0 Å². The zero-order valence-corrected chi connectivity index (χ0v) is 10.1. The van der Waals surface area contributed by atoms with Crippen molar-refractivity contribution in [3.05, 3.63) is 35.4 Å². The third-order valence-corrected chi connectivity index (χ3v) is 4.11. The molecule has 0 bridgehead atoms. The summed E-state index contributed by atoms with van der Waals surface area (Å²) in [6.07, 6.45) is 3.32. The van der Waals surface area contributed by atoms with Crippen LogP contribution in [0, 0.1) is 6.92 Å². The van der Waals surface area contributed by atoms with Crippen molar-refractivity contribution in [2.75, 3.05) is 0 Å². The molecule has 2 aliphatic rings. The van der Waals surface area contributed by atoms with Gasteiger partial charge in [0, 0.05) is 0 Å². The van der Waals surface area contributed by atoms with Gasteiger partial charge in [0.25, 0.3) is 0 Å². The summed E-state index contributed by atoms with van der Waals surface area (Å²) in [6, 6.07) is 9.27. The Balaban J connectivity index is 1.79. The fourth-order valence-electron chi connectivity index (χ4n) is 3.21. The Bertz CT molecular complexity index is 444. The molecule has 90 valence electrons. The van der Waals surface area contributed by atoms with Gasteiger partial charge in [-0.25, -0.2) is 4.79 Å². The molecule has 1 heterocycles. The maximum atomic E-state index is 11.3. The van der Waals surface area contributed by atoms with Crippen molar-refractivity contribution in [1.29, 1.82) is 0 Å². The minimum absolute atomic E-state index is 0.00503. The van der Waals surface area contributed by atoms with Crippen molar-refractivity contribution in [2.24, 2.45) is 0 Å². The molecule has 1 aromatic rings. The standard InChI is InChI=1S/C14H18N2O/c1-9-4-2-3-5-11(9)10-6-7-12-13(8-10)16-14(17)15-12/h2-5,10,12-13H,6-8H2,1H3,(H2,15,16,17). The lowest BCUT2D eigenvalue weighted by molar-refractivity contribution is 0.247. The van der Waals surface area contributed by atoms with Gasteiger partial charge < -0.3 is 10.6 Å². The first-order valence-corrected chi connectivity index (χ1v) is 6.36. The van der Waals surface area contributed by atoms with Gasteiger partial charge >= 0.3 is 6.03 Å². The molecule has 1 aromatic carbocycles. The second kappa shape index (κ2) is 4.06. The van der Waals surface area contributed by atoms with Crippen LogP contribution in [0.4, 0.5) is 4.79 Å². The van der Waals surface area contributed by atoms with Crippen LogP contribution < -0.4 is 10.6 Å². The average molecular weight is 230 g/mol. The van der Waals surface area contributed by atoms with Crippen LogP contribution in [0.15, 0.2) is 24.3 Å². The molecule has 3 nitrogen and oxygen atoms in total. The second-order valence-electron chi connectivity index (χ2n) is 5.20. The molecule has 3 unspecified atom stereocenters. The zero-order chi connectivity index (χ0) is 11.8. The van der Waals surface area contributed by atoms with E-state index in [1.54, 1.807) is 0 Å². The van der Waals surface area contributed by atoms with Crippen LogP contribution in [0.5, 0.6) is 0 Å². The summed E-state index contributed by atoms with van der Waals surface area (Å²) < 4.78 is 0. The van der Waals surface area contributed by atoms with Crippen molar-refractivity contribution in [2.45, 2.75) is 44.2 Å². The first-order valence-electron chi connectivity index (χ1n) is 6.36. The first kappa shape index (κ1) is 10.6. The highest BCUT2D eigenvalue weighted by molar-refractivity contribution is 5.77. The van der Waals surface area contributed by atoms with Gasteiger partial charge in [0.05, 0.1) is 12.1 Å². The van der Waals surface area contributed by atoms with Gasteiger partial charge in [-0.05, 0) is 43.2 Å². The number of nitrogens with one attached hydrogen (secondary N) is 2. The third kappa shape index (κ3) is 1.90. The normalized spacial score (nSPS) is 31.6. The molecule has 0 spiro atoms. The van der Waals surface area contributed by atoms with Gasteiger partial charge in [0.1, 0.15) is 0 Å². The van der Waals surface area contributed by atoms with Crippen LogP contribution in [0.25, 0.3) is 0 Å². The van der Waals surface area contributed by atoms with E-state index in [0.29, 0.717) is 18.0 Å². The lowest BCUT2D eigenvalue weighted by Crippen LogP contribution is -2.39. The number of rotatable bonds is 1. The minimum Gasteiger partial charge on any atom is -0.333 e. The Morgan fingerprint density at radius 1 is 1.12 bits per heavy atom. The van der Waals surface area contributed by atoms with Gasteiger partial charge in [-0.1, -0.05) is 24.3 Å². The number of aryl methyl sites for hydroxylation is 1. The van der Waals surface area contributed by atoms with Crippen LogP contribution in [-0.2, 0) is 0 Å². The van der Waals surface area contributed by atoms with Gasteiger partial charge in [-0.2, -0.15) is 0 Å². The average Bonchev–Trinajstić information content (AvgIpc) is 2.68. The van der Waals surface area contributed by atoms with Crippen LogP contribution in [0.1, 0.15) is 36.3 Å². The number of carbonyl (C=O) groups is 1. The number of hydrogen-bond acceptors (Lipinski definition) is 1. The topological polar surface area (TPSA) is 41.1 Å². The summed E-state index contributed by atoms with van der Waals surface area (Å²) in [7, 11) is 0. The van der Waals surface area contributed by atoms with Gasteiger partial charge in [-0.15, -0.1) is 0 Å². The Morgan fingerprint density at radius 3 is 2.71 bits per heavy atom. The summed E-state index contributed by atoms with van der Waals surface area (Å²) in [4.78, 5) is 11.3. The number of urea groups is 1. The van der Waals surface area contributed by atoms with E-state index in [1.165, 1.54) is 17.5 Å². The van der Waals surface area contributed by atoms with E-state index in [9.17, 15) is 4.79 Å². The summed E-state index contributed by atoms with van der Waals surface area (Å²) >= 11 is 0. The Hall–Kier alpha value is -1.51.